The fourth-order valence-corrected chi connectivity index (χ4v) is 0. The molecule has 0 rings (SSSR count). The first-order valence-corrected chi connectivity index (χ1v) is 2.30. The maximum Gasteiger partial charge on any atom is 0.324 e. The van der Waals surface area contributed by atoms with E-state index >= 15 is 0 Å². The van der Waals surface area contributed by atoms with Crippen LogP contribution in [0.3, 0.4) is 0 Å². The summed E-state index contributed by atoms with van der Waals surface area (Å²) in [6.45, 7) is 0. The van der Waals surface area contributed by atoms with Gasteiger partial charge in [-0.15, -0.1) is 0 Å². The highest BCUT2D eigenvalue weighted by atomic mass is 32.1. The van der Waals surface area contributed by atoms with Crippen LogP contribution in [0.4, 0.5) is 0 Å². The second-order valence-electron chi connectivity index (χ2n) is 0.163. The molecule has 0 aromatic carbocycles. The van der Waals surface area contributed by atoms with Crippen LogP contribution in [-0.4, -0.2) is 9.79 Å². The smallest absolute Gasteiger partial charge is 0.310 e. The molecule has 4 nitrogen and oxygen atoms in total. The Bertz CT molecular complexity index is 30.7. The van der Waals surface area contributed by atoms with Crippen molar-refractivity contribution < 1.29 is 18.9 Å². The van der Waals surface area contributed by atoms with Gasteiger partial charge >= 0.3 is 17.4 Å². The Morgan fingerprint density at radius 1 is 1.00 bits per heavy atom. The summed E-state index contributed by atoms with van der Waals surface area (Å²) < 4.78 is 16.9. The van der Waals surface area contributed by atoms with Crippen molar-refractivity contribution in [1.29, 1.82) is 0 Å². The first-order valence-electron chi connectivity index (χ1n) is 0.765. The fraction of sp³-hybridized carbons (Fsp3) is 0. The molecule has 0 fully saturated rings. The average Bonchev–Trinajstić information content (AvgIpc) is 1.39. The highest BCUT2D eigenvalue weighted by molar-refractivity contribution is 7.59. The van der Waals surface area contributed by atoms with Crippen molar-refractivity contribution in [1.82, 2.24) is 0 Å². The van der Waals surface area contributed by atoms with E-state index in [1.54, 1.807) is 0 Å². The lowest BCUT2D eigenvalue weighted by Gasteiger charge is -1.24. The summed E-state index contributed by atoms with van der Waals surface area (Å²) in [6.07, 6.45) is 0. The molecule has 0 saturated heterocycles. The molecule has 0 atom stereocenters. The summed E-state index contributed by atoms with van der Waals surface area (Å²) in [6, 6.07) is 0. The maximum absolute atomic E-state index is 8.46. The minimum absolute atomic E-state index is 0. The predicted octanol–water partition coefficient (Wildman–Crippen LogP) is 0.484. The first-order chi connectivity index (χ1) is 2.83. The zero-order valence-electron chi connectivity index (χ0n) is 3.11. The van der Waals surface area contributed by atoms with E-state index < -0.39 is 17.4 Å². The van der Waals surface area contributed by atoms with Crippen LogP contribution in [0.1, 0.15) is 0 Å². The summed E-state index contributed by atoms with van der Waals surface area (Å²) in [7, 11) is -1.67. The number of hydrogen-bond donors (Lipinski definition) is 2. The molecule has 0 bridgehead atoms. The van der Waals surface area contributed by atoms with Gasteiger partial charge in [-0.1, -0.05) is 0 Å². The van der Waals surface area contributed by atoms with Gasteiger partial charge in [0.2, 0.25) is 0 Å². The van der Waals surface area contributed by atoms with Gasteiger partial charge in [-0.05, 0) is 0 Å². The van der Waals surface area contributed by atoms with Crippen LogP contribution in [0, 0.1) is 0 Å². The highest BCUT2D eigenvalue weighted by Gasteiger charge is 1.28. The quantitative estimate of drug-likeness (QED) is 0.508. The number of hydrogen-bond acceptors (Lipinski definition) is 2. The van der Waals surface area contributed by atoms with E-state index in [1.807, 2.05) is 0 Å². The molecular weight excluding hydrogens is 158 g/mol. The molecule has 2 N–H and O–H groups in total. The molecule has 0 aliphatic heterocycles. The SMILES string of the molecule is O=PO.O=PO.S. The van der Waals surface area contributed by atoms with E-state index in [4.69, 9.17) is 18.9 Å². The van der Waals surface area contributed by atoms with Gasteiger partial charge in [0, 0.05) is 0 Å². The summed E-state index contributed by atoms with van der Waals surface area (Å²) in [5, 5.41) is 0. The Morgan fingerprint density at radius 3 is 1.00 bits per heavy atom. The van der Waals surface area contributed by atoms with Crippen molar-refractivity contribution in [3.05, 3.63) is 0 Å². The number of rotatable bonds is 0. The average molecular weight is 162 g/mol. The molecule has 0 amide bonds. The van der Waals surface area contributed by atoms with Crippen molar-refractivity contribution in [3.63, 3.8) is 0 Å². The molecule has 7 heteroatoms. The van der Waals surface area contributed by atoms with Crippen LogP contribution < -0.4 is 0 Å². The second-order valence-corrected chi connectivity index (χ2v) is 0.490. The van der Waals surface area contributed by atoms with Gasteiger partial charge in [0.25, 0.3) is 0 Å². The Kier molecular flexibility index (Phi) is 70.9. The van der Waals surface area contributed by atoms with Gasteiger partial charge < -0.3 is 9.79 Å². The molecule has 0 aliphatic carbocycles. The molecule has 44 valence electrons. The van der Waals surface area contributed by atoms with Crippen LogP contribution in [0.15, 0.2) is 0 Å². The van der Waals surface area contributed by atoms with Crippen molar-refractivity contribution in [2.45, 2.75) is 0 Å². The van der Waals surface area contributed by atoms with Gasteiger partial charge in [-0.2, -0.15) is 13.5 Å². The fourth-order valence-electron chi connectivity index (χ4n) is 0. The van der Waals surface area contributed by atoms with E-state index in [0.29, 0.717) is 0 Å². The lowest BCUT2D eigenvalue weighted by atomic mass is 15.9. The third-order valence-electron chi connectivity index (χ3n) is 0. The first kappa shape index (κ1) is 15.6. The summed E-state index contributed by atoms with van der Waals surface area (Å²) in [5.74, 6) is 0. The molecule has 0 saturated carbocycles. The van der Waals surface area contributed by atoms with Gasteiger partial charge in [-0.3, -0.25) is 0 Å². The zero-order valence-corrected chi connectivity index (χ0v) is 5.89. The Morgan fingerprint density at radius 2 is 1.00 bits per heavy atom. The summed E-state index contributed by atoms with van der Waals surface area (Å²) >= 11 is 0. The van der Waals surface area contributed by atoms with Crippen molar-refractivity contribution in [3.8, 4) is 0 Å². The molecule has 0 heterocycles. The van der Waals surface area contributed by atoms with Crippen LogP contribution in [0.25, 0.3) is 0 Å². The summed E-state index contributed by atoms with van der Waals surface area (Å²) in [5.41, 5.74) is 0. The molecule has 0 aliphatic rings. The molecule has 0 spiro atoms. The third kappa shape index (κ3) is 585. The van der Waals surface area contributed by atoms with Crippen molar-refractivity contribution >= 4 is 30.9 Å². The topological polar surface area (TPSA) is 74.6 Å². The minimum Gasteiger partial charge on any atom is -0.310 e. The van der Waals surface area contributed by atoms with Gasteiger partial charge in [-0.25, -0.2) is 9.13 Å². The zero-order chi connectivity index (χ0) is 5.41. The normalized spacial score (nSPS) is 6.00. The monoisotopic (exact) mass is 162 g/mol. The van der Waals surface area contributed by atoms with Crippen molar-refractivity contribution in [2.24, 2.45) is 0 Å². The van der Waals surface area contributed by atoms with Crippen molar-refractivity contribution in [2.75, 3.05) is 0 Å². The standard InChI is InChI=1S/2HO2P.H2S/c2*1-3-2;/h2*(H,1,2);1H2. The molecule has 0 aromatic heterocycles. The molecule has 0 radical (unpaired) electrons. The van der Waals surface area contributed by atoms with Crippen LogP contribution in [0.2, 0.25) is 0 Å². The Balaban J connectivity index is -0.0000000400. The third-order valence-corrected chi connectivity index (χ3v) is 0. The largest absolute Gasteiger partial charge is 0.324 e. The lowest BCUT2D eigenvalue weighted by molar-refractivity contribution is 0.523. The van der Waals surface area contributed by atoms with E-state index in [0.717, 1.165) is 0 Å². The second kappa shape index (κ2) is 31.7. The molecule has 7 heavy (non-hydrogen) atoms. The van der Waals surface area contributed by atoms with Gasteiger partial charge in [0.15, 0.2) is 0 Å². The van der Waals surface area contributed by atoms with E-state index in [2.05, 4.69) is 0 Å². The summed E-state index contributed by atoms with van der Waals surface area (Å²) in [4.78, 5) is 14.0. The van der Waals surface area contributed by atoms with E-state index in [-0.39, 0.29) is 13.5 Å². The lowest BCUT2D eigenvalue weighted by Crippen LogP contribution is -1.03. The Labute approximate surface area is 50.6 Å². The minimum atomic E-state index is -0.833. The molecule has 0 unspecified atom stereocenters. The van der Waals surface area contributed by atoms with E-state index in [1.165, 1.54) is 0 Å². The highest BCUT2D eigenvalue weighted by Crippen LogP contribution is 1.66. The predicted molar refractivity (Wildman–Crippen MR) is 30.0 cm³/mol. The molecule has 0 aromatic rings. The molecular formula is H4O4P2S. The van der Waals surface area contributed by atoms with Crippen LogP contribution in [0.5, 0.6) is 0 Å². The van der Waals surface area contributed by atoms with E-state index in [9.17, 15) is 0 Å². The Hall–Kier alpha value is 0.470. The van der Waals surface area contributed by atoms with Gasteiger partial charge in [0.1, 0.15) is 0 Å². The van der Waals surface area contributed by atoms with Gasteiger partial charge in [0.05, 0.1) is 0 Å². The van der Waals surface area contributed by atoms with Crippen LogP contribution in [-0.2, 0) is 9.13 Å². The maximum atomic E-state index is 8.46. The van der Waals surface area contributed by atoms with Crippen LogP contribution >= 0.6 is 30.9 Å².